The van der Waals surface area contributed by atoms with Gasteiger partial charge < -0.3 is 15.4 Å². The smallest absolute Gasteiger partial charge is 0.207 e. The molecule has 0 aliphatic heterocycles. The first-order valence-corrected chi connectivity index (χ1v) is 4.58. The van der Waals surface area contributed by atoms with Gasteiger partial charge in [0.15, 0.2) is 0 Å². The Morgan fingerprint density at radius 3 is 1.73 bits per heavy atom. The van der Waals surface area contributed by atoms with E-state index in [0.29, 0.717) is 50.3 Å². The highest BCUT2D eigenvalue weighted by Crippen LogP contribution is 2.08. The Balaban J connectivity index is 3.52. The van der Waals surface area contributed by atoms with Gasteiger partial charge in [-0.3, -0.25) is 9.59 Å². The fraction of sp³-hybridized carbons (Fsp3) is 0.400. The lowest BCUT2D eigenvalue weighted by atomic mass is 10.3. The predicted octanol–water partition coefficient (Wildman–Crippen LogP) is 0.303. The molecular weight excluding hydrogens is 196 g/mol. The number of hydrogen-bond donors (Lipinski definition) is 2. The van der Waals surface area contributed by atoms with Crippen LogP contribution in [0.5, 0.6) is 0 Å². The molecule has 0 unspecified atom stereocenters. The summed E-state index contributed by atoms with van der Waals surface area (Å²) >= 11 is 0. The van der Waals surface area contributed by atoms with Crippen molar-refractivity contribution in [2.75, 3.05) is 13.1 Å². The van der Waals surface area contributed by atoms with Crippen LogP contribution in [-0.4, -0.2) is 25.9 Å². The third-order valence-corrected chi connectivity index (χ3v) is 1.55. The van der Waals surface area contributed by atoms with Gasteiger partial charge in [0.25, 0.3) is 0 Å². The van der Waals surface area contributed by atoms with Gasteiger partial charge in [-0.15, -0.1) is 0 Å². The van der Waals surface area contributed by atoms with Gasteiger partial charge in [-0.25, -0.2) is 0 Å². The Labute approximate surface area is 89.2 Å². The van der Waals surface area contributed by atoms with E-state index in [4.69, 9.17) is 4.74 Å². The summed E-state index contributed by atoms with van der Waals surface area (Å²) in [5.41, 5.74) is 0. The van der Waals surface area contributed by atoms with E-state index in [1.54, 1.807) is 0 Å². The minimum atomic E-state index is 0.488. The van der Waals surface area contributed by atoms with Crippen LogP contribution in [0.25, 0.3) is 0 Å². The summed E-state index contributed by atoms with van der Waals surface area (Å²) in [7, 11) is 0. The molecule has 0 saturated heterocycles. The molecule has 0 heterocycles. The van der Waals surface area contributed by atoms with Crippen molar-refractivity contribution in [3.8, 4) is 0 Å². The summed E-state index contributed by atoms with van der Waals surface area (Å²) in [6, 6.07) is 0. The van der Waals surface area contributed by atoms with Crippen LogP contribution in [0, 0.1) is 0 Å². The first-order valence-electron chi connectivity index (χ1n) is 4.58. The molecule has 0 fully saturated rings. The highest BCUT2D eigenvalue weighted by atomic mass is 16.5. The van der Waals surface area contributed by atoms with Crippen molar-refractivity contribution in [2.24, 2.45) is 0 Å². The summed E-state index contributed by atoms with van der Waals surface area (Å²) in [6.45, 7) is 8.31. The largest absolute Gasteiger partial charge is 0.467 e. The molecule has 0 aromatic rings. The monoisotopic (exact) mass is 212 g/mol. The molecule has 0 spiro atoms. The third kappa shape index (κ3) is 8.55. The van der Waals surface area contributed by atoms with Crippen LogP contribution in [0.1, 0.15) is 12.8 Å². The maximum atomic E-state index is 9.94. The normalized spacial score (nSPS) is 8.80. The molecule has 0 saturated carbocycles. The van der Waals surface area contributed by atoms with E-state index in [1.807, 2.05) is 0 Å². The fourth-order valence-electron chi connectivity index (χ4n) is 0.847. The van der Waals surface area contributed by atoms with Crippen molar-refractivity contribution in [1.29, 1.82) is 0 Å². The first kappa shape index (κ1) is 13.2. The van der Waals surface area contributed by atoms with Gasteiger partial charge in [0.05, 0.1) is 11.5 Å². The average Bonchev–Trinajstić information content (AvgIpc) is 2.18. The SMILES string of the molecule is C=C(CCNC=O)OC(=C)CCNC=O. The van der Waals surface area contributed by atoms with Gasteiger partial charge >= 0.3 is 0 Å². The molecule has 0 aromatic carbocycles. The molecule has 0 rings (SSSR count). The summed E-state index contributed by atoms with van der Waals surface area (Å²) < 4.78 is 5.24. The third-order valence-electron chi connectivity index (χ3n) is 1.55. The van der Waals surface area contributed by atoms with Crippen LogP contribution < -0.4 is 10.6 Å². The van der Waals surface area contributed by atoms with Gasteiger partial charge in [0, 0.05) is 25.9 Å². The Morgan fingerprint density at radius 2 is 1.40 bits per heavy atom. The van der Waals surface area contributed by atoms with Gasteiger partial charge in [0.1, 0.15) is 0 Å². The van der Waals surface area contributed by atoms with Crippen molar-refractivity contribution < 1.29 is 14.3 Å². The zero-order valence-corrected chi connectivity index (χ0v) is 8.62. The van der Waals surface area contributed by atoms with Crippen molar-refractivity contribution in [2.45, 2.75) is 12.8 Å². The lowest BCUT2D eigenvalue weighted by Crippen LogP contribution is -2.14. The van der Waals surface area contributed by atoms with Crippen LogP contribution >= 0.6 is 0 Å². The average molecular weight is 212 g/mol. The summed E-state index contributed by atoms with van der Waals surface area (Å²) in [4.78, 5) is 19.9. The van der Waals surface area contributed by atoms with E-state index in [1.165, 1.54) is 0 Å². The number of ether oxygens (including phenoxy) is 1. The first-order chi connectivity index (χ1) is 7.20. The van der Waals surface area contributed by atoms with Gasteiger partial charge in [0.2, 0.25) is 12.8 Å². The van der Waals surface area contributed by atoms with Crippen LogP contribution in [0.2, 0.25) is 0 Å². The highest BCUT2D eigenvalue weighted by molar-refractivity contribution is 5.46. The predicted molar refractivity (Wildman–Crippen MR) is 56.7 cm³/mol. The Hall–Kier alpha value is -1.78. The summed E-state index contributed by atoms with van der Waals surface area (Å²) in [5, 5.41) is 4.99. The minimum Gasteiger partial charge on any atom is -0.467 e. The molecule has 2 amide bonds. The van der Waals surface area contributed by atoms with Crippen LogP contribution in [0.15, 0.2) is 24.7 Å². The van der Waals surface area contributed by atoms with E-state index in [9.17, 15) is 9.59 Å². The molecule has 0 aliphatic rings. The fourth-order valence-corrected chi connectivity index (χ4v) is 0.847. The van der Waals surface area contributed by atoms with Crippen LogP contribution in [0.3, 0.4) is 0 Å². The number of amides is 2. The summed E-state index contributed by atoms with van der Waals surface area (Å²) in [6.07, 6.45) is 2.32. The van der Waals surface area contributed by atoms with Crippen LogP contribution in [-0.2, 0) is 14.3 Å². The van der Waals surface area contributed by atoms with Gasteiger partial charge in [-0.1, -0.05) is 13.2 Å². The number of carbonyl (C=O) groups excluding carboxylic acids is 2. The molecule has 15 heavy (non-hydrogen) atoms. The lowest BCUT2D eigenvalue weighted by molar-refractivity contribution is -0.110. The van der Waals surface area contributed by atoms with E-state index < -0.39 is 0 Å². The standard InChI is InChI=1S/C10H16N2O3/c1-9(3-5-11-7-13)15-10(2)4-6-12-8-14/h7-8H,1-6H2,(H,11,13)(H,12,14). The van der Waals surface area contributed by atoms with E-state index in [2.05, 4.69) is 23.8 Å². The summed E-state index contributed by atoms with van der Waals surface area (Å²) in [5.74, 6) is 1.08. The van der Waals surface area contributed by atoms with Crippen LogP contribution in [0.4, 0.5) is 0 Å². The number of nitrogens with one attached hydrogen (secondary N) is 2. The zero-order valence-electron chi connectivity index (χ0n) is 8.62. The Morgan fingerprint density at radius 1 is 1.00 bits per heavy atom. The van der Waals surface area contributed by atoms with E-state index in [-0.39, 0.29) is 0 Å². The maximum Gasteiger partial charge on any atom is 0.207 e. The molecule has 2 N–H and O–H groups in total. The van der Waals surface area contributed by atoms with Gasteiger partial charge in [-0.05, 0) is 0 Å². The maximum absolute atomic E-state index is 9.94. The topological polar surface area (TPSA) is 67.4 Å². The second-order valence-corrected chi connectivity index (χ2v) is 2.82. The number of hydrogen-bond acceptors (Lipinski definition) is 3. The number of carbonyl (C=O) groups is 2. The Kier molecular flexibility index (Phi) is 7.76. The van der Waals surface area contributed by atoms with Crippen molar-refractivity contribution in [3.05, 3.63) is 24.7 Å². The lowest BCUT2D eigenvalue weighted by Gasteiger charge is -2.10. The minimum absolute atomic E-state index is 0.488. The van der Waals surface area contributed by atoms with E-state index >= 15 is 0 Å². The second-order valence-electron chi connectivity index (χ2n) is 2.82. The molecule has 0 bridgehead atoms. The molecule has 0 aromatic heterocycles. The van der Waals surface area contributed by atoms with Crippen molar-refractivity contribution in [1.82, 2.24) is 10.6 Å². The zero-order chi connectivity index (χ0) is 11.5. The number of rotatable bonds is 10. The molecule has 0 aliphatic carbocycles. The Bertz CT molecular complexity index is 215. The molecule has 5 nitrogen and oxygen atoms in total. The van der Waals surface area contributed by atoms with Crippen molar-refractivity contribution in [3.63, 3.8) is 0 Å². The second kappa shape index (κ2) is 8.80. The molecule has 5 heteroatoms. The highest BCUT2D eigenvalue weighted by Gasteiger charge is 1.99. The molecule has 84 valence electrons. The molecule has 0 radical (unpaired) electrons. The van der Waals surface area contributed by atoms with Crippen molar-refractivity contribution >= 4 is 12.8 Å². The molecule has 0 atom stereocenters. The molecular formula is C10H16N2O3. The van der Waals surface area contributed by atoms with E-state index in [0.717, 1.165) is 0 Å². The quantitative estimate of drug-likeness (QED) is 0.311. The van der Waals surface area contributed by atoms with Gasteiger partial charge in [-0.2, -0.15) is 0 Å².